The number of alkyl carbamates (subject to hydrolysis) is 1. The number of esters is 1. The molecule has 0 saturated carbocycles. The van der Waals surface area contributed by atoms with Gasteiger partial charge in [0.2, 0.25) is 5.91 Å². The molecule has 1 rings (SSSR count). The van der Waals surface area contributed by atoms with Crippen molar-refractivity contribution in [1.82, 2.24) is 5.32 Å². The van der Waals surface area contributed by atoms with Gasteiger partial charge in [0.25, 0.3) is 0 Å². The molecule has 8 nitrogen and oxygen atoms in total. The standard InChI is InChI=1S/C25H36N2O6/c1-17-15-19(11-12-20(17)9-7-8-10-23(29)31-6)16-32-18(2)21(13-14-22(26)28)27-24(30)33-25(3,4)5/h11-12,15,18,21H,8,10,13-14,16H2,1-6H3,(H2,26,28)(H,27,30)/t18-,21+/m1/s1. The highest BCUT2D eigenvalue weighted by Crippen LogP contribution is 2.15. The van der Waals surface area contributed by atoms with Crippen LogP contribution in [0.25, 0.3) is 0 Å². The van der Waals surface area contributed by atoms with Crippen molar-refractivity contribution < 1.29 is 28.6 Å². The molecule has 0 heterocycles. The first kappa shape index (κ1) is 28.0. The molecule has 0 unspecified atom stereocenters. The highest BCUT2D eigenvalue weighted by Gasteiger charge is 2.24. The van der Waals surface area contributed by atoms with Gasteiger partial charge in [-0.05, 0) is 58.2 Å². The van der Waals surface area contributed by atoms with Crippen LogP contribution in [0.1, 0.15) is 70.1 Å². The maximum atomic E-state index is 12.2. The van der Waals surface area contributed by atoms with Gasteiger partial charge in [-0.25, -0.2) is 4.79 Å². The minimum absolute atomic E-state index is 0.122. The zero-order chi connectivity index (χ0) is 25.0. The Bertz CT molecular complexity index is 879. The van der Waals surface area contributed by atoms with E-state index in [0.717, 1.165) is 16.7 Å². The molecule has 0 aliphatic rings. The van der Waals surface area contributed by atoms with Gasteiger partial charge in [-0.1, -0.05) is 24.0 Å². The molecule has 1 aromatic carbocycles. The Morgan fingerprint density at radius 2 is 1.88 bits per heavy atom. The van der Waals surface area contributed by atoms with Gasteiger partial charge in [-0.15, -0.1) is 0 Å². The van der Waals surface area contributed by atoms with Crippen molar-refractivity contribution in [2.45, 2.75) is 84.7 Å². The molecular weight excluding hydrogens is 424 g/mol. The number of hydrogen-bond acceptors (Lipinski definition) is 6. The number of rotatable bonds is 10. The number of primary amides is 1. The Labute approximate surface area is 196 Å². The van der Waals surface area contributed by atoms with Crippen LogP contribution in [0.15, 0.2) is 18.2 Å². The lowest BCUT2D eigenvalue weighted by molar-refractivity contribution is -0.140. The van der Waals surface area contributed by atoms with Crippen LogP contribution in [0.3, 0.4) is 0 Å². The largest absolute Gasteiger partial charge is 0.469 e. The maximum absolute atomic E-state index is 12.2. The van der Waals surface area contributed by atoms with Crippen LogP contribution in [0, 0.1) is 18.8 Å². The number of ether oxygens (including phenoxy) is 3. The Hall–Kier alpha value is -3.05. The molecule has 3 N–H and O–H groups in total. The molecule has 33 heavy (non-hydrogen) atoms. The normalized spacial score (nSPS) is 12.7. The lowest BCUT2D eigenvalue weighted by Crippen LogP contribution is -2.45. The Balaban J connectivity index is 2.73. The third-order valence-electron chi connectivity index (χ3n) is 4.68. The predicted octanol–water partition coefficient (Wildman–Crippen LogP) is 3.36. The van der Waals surface area contributed by atoms with E-state index in [-0.39, 0.29) is 24.9 Å². The molecule has 0 bridgehead atoms. The summed E-state index contributed by atoms with van der Waals surface area (Å²) >= 11 is 0. The van der Waals surface area contributed by atoms with Crippen LogP contribution in [-0.4, -0.2) is 42.8 Å². The van der Waals surface area contributed by atoms with Gasteiger partial charge < -0.3 is 25.3 Å². The molecule has 182 valence electrons. The number of carbonyl (C=O) groups excluding carboxylic acids is 3. The van der Waals surface area contributed by atoms with Crippen molar-refractivity contribution in [3.05, 3.63) is 34.9 Å². The predicted molar refractivity (Wildman–Crippen MR) is 125 cm³/mol. The zero-order valence-electron chi connectivity index (χ0n) is 20.4. The Morgan fingerprint density at radius 3 is 2.45 bits per heavy atom. The summed E-state index contributed by atoms with van der Waals surface area (Å²) in [5.41, 5.74) is 7.46. The quantitative estimate of drug-likeness (QED) is 0.408. The van der Waals surface area contributed by atoms with E-state index in [1.54, 1.807) is 20.8 Å². The fourth-order valence-electron chi connectivity index (χ4n) is 2.90. The fraction of sp³-hybridized carbons (Fsp3) is 0.560. The molecule has 2 amide bonds. The second kappa shape index (κ2) is 13.5. The minimum Gasteiger partial charge on any atom is -0.469 e. The van der Waals surface area contributed by atoms with E-state index in [9.17, 15) is 14.4 Å². The minimum atomic E-state index is -0.635. The average molecular weight is 461 g/mol. The van der Waals surface area contributed by atoms with Crippen molar-refractivity contribution in [1.29, 1.82) is 0 Å². The van der Waals surface area contributed by atoms with Crippen LogP contribution in [-0.2, 0) is 30.4 Å². The van der Waals surface area contributed by atoms with Crippen molar-refractivity contribution >= 4 is 18.0 Å². The molecule has 0 aromatic heterocycles. The van der Waals surface area contributed by atoms with Crippen molar-refractivity contribution in [3.63, 3.8) is 0 Å². The molecule has 0 saturated heterocycles. The molecule has 1 aromatic rings. The van der Waals surface area contributed by atoms with Crippen LogP contribution >= 0.6 is 0 Å². The highest BCUT2D eigenvalue weighted by atomic mass is 16.6. The molecule has 0 radical (unpaired) electrons. The monoisotopic (exact) mass is 460 g/mol. The van der Waals surface area contributed by atoms with Gasteiger partial charge in [0.15, 0.2) is 0 Å². The molecule has 0 spiro atoms. The summed E-state index contributed by atoms with van der Waals surface area (Å²) in [6, 6.07) is 5.38. The maximum Gasteiger partial charge on any atom is 0.407 e. The topological polar surface area (TPSA) is 117 Å². The third kappa shape index (κ3) is 11.9. The summed E-state index contributed by atoms with van der Waals surface area (Å²) in [4.78, 5) is 34.6. The molecule has 0 fully saturated rings. The first-order valence-electron chi connectivity index (χ1n) is 11.0. The van der Waals surface area contributed by atoms with E-state index in [0.29, 0.717) is 19.4 Å². The summed E-state index contributed by atoms with van der Waals surface area (Å²) in [6.45, 7) is 9.44. The van der Waals surface area contributed by atoms with Crippen LogP contribution < -0.4 is 11.1 Å². The molecule has 2 atom stereocenters. The van der Waals surface area contributed by atoms with E-state index in [4.69, 9.17) is 15.2 Å². The fourth-order valence-corrected chi connectivity index (χ4v) is 2.90. The van der Waals surface area contributed by atoms with Gasteiger partial charge in [-0.3, -0.25) is 9.59 Å². The summed E-state index contributed by atoms with van der Waals surface area (Å²) in [7, 11) is 1.36. The van der Waals surface area contributed by atoms with Gasteiger partial charge in [0, 0.05) is 18.4 Å². The number of aryl methyl sites for hydroxylation is 1. The lowest BCUT2D eigenvalue weighted by Gasteiger charge is -2.27. The zero-order valence-corrected chi connectivity index (χ0v) is 20.4. The first-order chi connectivity index (χ1) is 15.4. The summed E-state index contributed by atoms with van der Waals surface area (Å²) < 4.78 is 15.9. The SMILES string of the molecule is COC(=O)CCC#Cc1ccc(CO[C@H](C)[C@H](CCC(N)=O)NC(=O)OC(C)(C)C)cc1C. The number of amides is 2. The van der Waals surface area contributed by atoms with E-state index in [2.05, 4.69) is 21.9 Å². The van der Waals surface area contributed by atoms with Crippen molar-refractivity contribution in [2.75, 3.05) is 7.11 Å². The van der Waals surface area contributed by atoms with Gasteiger partial charge in [-0.2, -0.15) is 0 Å². The number of nitrogens with two attached hydrogens (primary N) is 1. The number of hydrogen-bond donors (Lipinski definition) is 2. The van der Waals surface area contributed by atoms with Crippen LogP contribution in [0.2, 0.25) is 0 Å². The van der Waals surface area contributed by atoms with Crippen molar-refractivity contribution in [2.24, 2.45) is 5.73 Å². The summed E-state index contributed by atoms with van der Waals surface area (Å²) in [5, 5.41) is 2.78. The Kier molecular flexibility index (Phi) is 11.4. The van der Waals surface area contributed by atoms with Crippen LogP contribution in [0.4, 0.5) is 4.79 Å². The smallest absolute Gasteiger partial charge is 0.407 e. The Morgan fingerprint density at radius 1 is 1.18 bits per heavy atom. The highest BCUT2D eigenvalue weighted by molar-refractivity contribution is 5.74. The number of nitrogens with one attached hydrogen (secondary N) is 1. The first-order valence-corrected chi connectivity index (χ1v) is 11.0. The second-order valence-electron chi connectivity index (χ2n) is 8.80. The number of methoxy groups -OCH3 is 1. The average Bonchev–Trinajstić information content (AvgIpc) is 2.71. The van der Waals surface area contributed by atoms with Crippen LogP contribution in [0.5, 0.6) is 0 Å². The number of benzene rings is 1. The van der Waals surface area contributed by atoms with Gasteiger partial charge in [0.1, 0.15) is 5.60 Å². The van der Waals surface area contributed by atoms with E-state index < -0.39 is 23.6 Å². The lowest BCUT2D eigenvalue weighted by atomic mass is 10.0. The third-order valence-corrected chi connectivity index (χ3v) is 4.68. The van der Waals surface area contributed by atoms with E-state index >= 15 is 0 Å². The molecule has 8 heteroatoms. The molecular formula is C25H36N2O6. The summed E-state index contributed by atoms with van der Waals surface area (Å²) in [5.74, 6) is 5.32. The summed E-state index contributed by atoms with van der Waals surface area (Å²) in [6.07, 6.45) is 0.214. The van der Waals surface area contributed by atoms with E-state index in [1.165, 1.54) is 7.11 Å². The second-order valence-corrected chi connectivity index (χ2v) is 8.80. The van der Waals surface area contributed by atoms with Crippen molar-refractivity contribution in [3.8, 4) is 11.8 Å². The number of carbonyl (C=O) groups is 3. The van der Waals surface area contributed by atoms with Gasteiger partial charge >= 0.3 is 12.1 Å². The molecule has 0 aliphatic carbocycles. The van der Waals surface area contributed by atoms with E-state index in [1.807, 2.05) is 32.0 Å². The molecule has 0 aliphatic heterocycles. The van der Waals surface area contributed by atoms with Gasteiger partial charge in [0.05, 0.1) is 32.3 Å².